The maximum Gasteiger partial charge on any atom is 0.254 e. The highest BCUT2D eigenvalue weighted by Crippen LogP contribution is 2.31. The largest absolute Gasteiger partial charge is 0.491 e. The minimum absolute atomic E-state index is 0.123. The van der Waals surface area contributed by atoms with Gasteiger partial charge in [0.05, 0.1) is 22.5 Å². The highest BCUT2D eigenvalue weighted by atomic mass is 32.2. The van der Waals surface area contributed by atoms with E-state index in [-0.39, 0.29) is 10.8 Å². The van der Waals surface area contributed by atoms with Gasteiger partial charge in [0, 0.05) is 23.2 Å². The number of hydrogen-bond acceptors (Lipinski definition) is 5. The Hall–Kier alpha value is -3.69. The SMILES string of the molecule is Cc1nc2ccc(-c3ccc4c(c3)CN(C(=O)c3ccc(S(=O)(=O)NC(C)(C)C)cc3)CCO4)cc2[nH]1. The first-order chi connectivity index (χ1) is 17.5. The number of aromatic nitrogens is 2. The lowest BCUT2D eigenvalue weighted by Gasteiger charge is -2.21. The van der Waals surface area contributed by atoms with E-state index in [1.54, 1.807) is 37.8 Å². The molecule has 9 heteroatoms. The Morgan fingerprint density at radius 3 is 2.46 bits per heavy atom. The van der Waals surface area contributed by atoms with E-state index in [0.717, 1.165) is 39.3 Å². The van der Waals surface area contributed by atoms with Crippen LogP contribution in [0.4, 0.5) is 0 Å². The second-order valence-electron chi connectivity index (χ2n) is 10.3. The summed E-state index contributed by atoms with van der Waals surface area (Å²) in [7, 11) is -3.68. The molecule has 37 heavy (non-hydrogen) atoms. The lowest BCUT2D eigenvalue weighted by Crippen LogP contribution is -2.40. The van der Waals surface area contributed by atoms with Gasteiger partial charge in [0.1, 0.15) is 18.2 Å². The first-order valence-electron chi connectivity index (χ1n) is 12.1. The van der Waals surface area contributed by atoms with Crippen molar-refractivity contribution in [2.75, 3.05) is 13.2 Å². The number of imidazole rings is 1. The summed E-state index contributed by atoms with van der Waals surface area (Å²) in [5, 5.41) is 0. The number of fused-ring (bicyclic) bond motifs is 2. The van der Waals surface area contributed by atoms with Gasteiger partial charge in [-0.3, -0.25) is 4.79 Å². The van der Waals surface area contributed by atoms with Crippen molar-refractivity contribution in [2.24, 2.45) is 0 Å². The highest BCUT2D eigenvalue weighted by molar-refractivity contribution is 7.89. The van der Waals surface area contributed by atoms with Crippen molar-refractivity contribution in [2.45, 2.75) is 44.7 Å². The van der Waals surface area contributed by atoms with Gasteiger partial charge in [0.15, 0.2) is 0 Å². The standard InChI is InChI=1S/C28H30N4O4S/c1-18-29-24-11-7-21(16-25(24)30-18)20-8-12-26-22(15-20)17-32(13-14-36-26)27(33)19-5-9-23(10-6-19)37(34,35)31-28(2,3)4/h5-12,15-16,31H,13-14,17H2,1-4H3,(H,29,30). The average Bonchev–Trinajstić information content (AvgIpc) is 3.07. The van der Waals surface area contributed by atoms with Crippen LogP contribution in [0.2, 0.25) is 0 Å². The fraction of sp³-hybridized carbons (Fsp3) is 0.286. The molecule has 2 heterocycles. The van der Waals surface area contributed by atoms with E-state index >= 15 is 0 Å². The summed E-state index contributed by atoms with van der Waals surface area (Å²) >= 11 is 0. The number of carbonyl (C=O) groups is 1. The van der Waals surface area contributed by atoms with E-state index < -0.39 is 15.6 Å². The van der Waals surface area contributed by atoms with Crippen LogP contribution >= 0.6 is 0 Å². The lowest BCUT2D eigenvalue weighted by molar-refractivity contribution is 0.0733. The number of carbonyl (C=O) groups excluding carboxylic acids is 1. The number of ether oxygens (including phenoxy) is 1. The van der Waals surface area contributed by atoms with Gasteiger partial charge in [0.25, 0.3) is 5.91 Å². The van der Waals surface area contributed by atoms with Gasteiger partial charge in [-0.15, -0.1) is 0 Å². The second-order valence-corrected chi connectivity index (χ2v) is 12.0. The number of rotatable bonds is 4. The molecule has 1 aromatic heterocycles. The van der Waals surface area contributed by atoms with E-state index in [1.165, 1.54) is 12.1 Å². The minimum atomic E-state index is -3.68. The number of nitrogens with zero attached hydrogens (tertiary/aromatic N) is 2. The minimum Gasteiger partial charge on any atom is -0.491 e. The van der Waals surface area contributed by atoms with Crippen molar-refractivity contribution in [1.29, 1.82) is 0 Å². The van der Waals surface area contributed by atoms with Gasteiger partial charge < -0.3 is 14.6 Å². The molecule has 0 radical (unpaired) electrons. The molecule has 192 valence electrons. The fourth-order valence-electron chi connectivity index (χ4n) is 4.49. The first kappa shape index (κ1) is 25.0. The number of nitrogens with one attached hydrogen (secondary N) is 2. The Kier molecular flexibility index (Phi) is 6.29. The molecule has 2 N–H and O–H groups in total. The molecule has 1 amide bonds. The zero-order valence-electron chi connectivity index (χ0n) is 21.3. The van der Waals surface area contributed by atoms with Gasteiger partial charge in [-0.05, 0) is 87.4 Å². The summed E-state index contributed by atoms with van der Waals surface area (Å²) in [5.41, 5.74) is 4.69. The zero-order valence-corrected chi connectivity index (χ0v) is 22.1. The van der Waals surface area contributed by atoms with Crippen LogP contribution in [0.5, 0.6) is 5.75 Å². The van der Waals surface area contributed by atoms with E-state index in [1.807, 2.05) is 31.2 Å². The summed E-state index contributed by atoms with van der Waals surface area (Å²) in [6.45, 7) is 8.46. The Balaban J connectivity index is 1.38. The summed E-state index contributed by atoms with van der Waals surface area (Å²) < 4.78 is 33.8. The Morgan fingerprint density at radius 1 is 1.03 bits per heavy atom. The molecule has 1 aliphatic rings. The van der Waals surface area contributed by atoms with Crippen molar-refractivity contribution in [3.8, 4) is 16.9 Å². The normalized spacial score (nSPS) is 14.2. The number of hydrogen-bond donors (Lipinski definition) is 2. The molecule has 0 bridgehead atoms. The number of amides is 1. The Morgan fingerprint density at radius 2 is 1.73 bits per heavy atom. The van der Waals surface area contributed by atoms with Crippen molar-refractivity contribution >= 4 is 27.0 Å². The molecular formula is C28H30N4O4S. The number of aromatic amines is 1. The van der Waals surface area contributed by atoms with Crippen LogP contribution in [-0.2, 0) is 16.6 Å². The topological polar surface area (TPSA) is 104 Å². The van der Waals surface area contributed by atoms with Crippen LogP contribution in [0.1, 0.15) is 42.5 Å². The van der Waals surface area contributed by atoms with Crippen LogP contribution in [0, 0.1) is 6.92 Å². The molecule has 0 aliphatic carbocycles. The predicted molar refractivity (Wildman–Crippen MR) is 143 cm³/mol. The average molecular weight is 519 g/mol. The third-order valence-electron chi connectivity index (χ3n) is 6.11. The molecule has 8 nitrogen and oxygen atoms in total. The summed E-state index contributed by atoms with van der Waals surface area (Å²) in [4.78, 5) is 22.9. The van der Waals surface area contributed by atoms with Crippen LogP contribution < -0.4 is 9.46 Å². The zero-order chi connectivity index (χ0) is 26.4. The molecule has 0 atom stereocenters. The third-order valence-corrected chi connectivity index (χ3v) is 7.89. The number of sulfonamides is 1. The van der Waals surface area contributed by atoms with E-state index in [2.05, 4.69) is 26.8 Å². The van der Waals surface area contributed by atoms with Gasteiger partial charge in [-0.25, -0.2) is 18.1 Å². The van der Waals surface area contributed by atoms with Crippen LogP contribution in [0.3, 0.4) is 0 Å². The molecule has 3 aromatic carbocycles. The smallest absolute Gasteiger partial charge is 0.254 e. The first-order valence-corrected chi connectivity index (χ1v) is 13.6. The molecule has 5 rings (SSSR count). The van der Waals surface area contributed by atoms with Gasteiger partial charge >= 0.3 is 0 Å². The fourth-order valence-corrected chi connectivity index (χ4v) is 5.90. The van der Waals surface area contributed by atoms with Gasteiger partial charge in [0.2, 0.25) is 10.0 Å². The van der Waals surface area contributed by atoms with Crippen molar-refractivity contribution in [1.82, 2.24) is 19.6 Å². The van der Waals surface area contributed by atoms with Crippen LogP contribution in [0.25, 0.3) is 22.2 Å². The lowest BCUT2D eigenvalue weighted by atomic mass is 10.0. The van der Waals surface area contributed by atoms with Gasteiger partial charge in [-0.2, -0.15) is 0 Å². The second kappa shape index (κ2) is 9.32. The molecule has 0 spiro atoms. The Labute approximate surface area is 216 Å². The summed E-state index contributed by atoms with van der Waals surface area (Å²) in [6, 6.07) is 18.2. The number of H-pyrrole nitrogens is 1. The molecule has 0 saturated heterocycles. The van der Waals surface area contributed by atoms with Crippen LogP contribution in [-0.4, -0.2) is 47.9 Å². The molecule has 4 aromatic rings. The molecule has 0 unspecified atom stereocenters. The van der Waals surface area contributed by atoms with Crippen molar-refractivity contribution in [3.63, 3.8) is 0 Å². The highest BCUT2D eigenvalue weighted by Gasteiger charge is 2.24. The van der Waals surface area contributed by atoms with Crippen molar-refractivity contribution < 1.29 is 17.9 Å². The van der Waals surface area contributed by atoms with E-state index in [0.29, 0.717) is 25.3 Å². The molecule has 0 saturated carbocycles. The summed E-state index contributed by atoms with van der Waals surface area (Å²) in [5.74, 6) is 1.45. The number of benzene rings is 3. The Bertz CT molecular complexity index is 1580. The maximum absolute atomic E-state index is 13.3. The van der Waals surface area contributed by atoms with E-state index in [4.69, 9.17) is 4.74 Å². The molecular weight excluding hydrogens is 488 g/mol. The monoisotopic (exact) mass is 518 g/mol. The number of aryl methyl sites for hydroxylation is 1. The third kappa shape index (κ3) is 5.38. The predicted octanol–water partition coefficient (Wildman–Crippen LogP) is 4.65. The molecule has 1 aliphatic heterocycles. The van der Waals surface area contributed by atoms with E-state index in [9.17, 15) is 13.2 Å². The van der Waals surface area contributed by atoms with Gasteiger partial charge in [-0.1, -0.05) is 12.1 Å². The maximum atomic E-state index is 13.3. The molecule has 0 fully saturated rings. The van der Waals surface area contributed by atoms with Crippen molar-refractivity contribution in [3.05, 3.63) is 77.6 Å². The quantitative estimate of drug-likeness (QED) is 0.409. The van der Waals surface area contributed by atoms with Crippen LogP contribution in [0.15, 0.2) is 65.6 Å². The summed E-state index contributed by atoms with van der Waals surface area (Å²) in [6.07, 6.45) is 0.